The minimum absolute atomic E-state index is 0.426. The van der Waals surface area contributed by atoms with Crippen molar-refractivity contribution in [2.75, 3.05) is 31.7 Å². The van der Waals surface area contributed by atoms with E-state index in [-0.39, 0.29) is 0 Å². The SMILES string of the molecule is CCN(c1ccccc1C)C1COCCC1NC. The van der Waals surface area contributed by atoms with Gasteiger partial charge < -0.3 is 15.0 Å². The third-order valence-corrected chi connectivity index (χ3v) is 3.86. The fourth-order valence-corrected chi connectivity index (χ4v) is 2.84. The maximum Gasteiger partial charge on any atom is 0.0685 e. The summed E-state index contributed by atoms with van der Waals surface area (Å²) in [7, 11) is 2.05. The molecular formula is C15H24N2O. The molecule has 0 amide bonds. The Morgan fingerprint density at radius 3 is 2.83 bits per heavy atom. The van der Waals surface area contributed by atoms with E-state index >= 15 is 0 Å². The normalized spacial score (nSPS) is 23.9. The van der Waals surface area contributed by atoms with Crippen LogP contribution >= 0.6 is 0 Å². The molecule has 1 fully saturated rings. The van der Waals surface area contributed by atoms with Gasteiger partial charge in [0.25, 0.3) is 0 Å². The lowest BCUT2D eigenvalue weighted by atomic mass is 10.0. The van der Waals surface area contributed by atoms with Crippen molar-refractivity contribution in [1.29, 1.82) is 0 Å². The third kappa shape index (κ3) is 2.68. The van der Waals surface area contributed by atoms with Crippen molar-refractivity contribution in [1.82, 2.24) is 5.32 Å². The molecule has 3 heteroatoms. The summed E-state index contributed by atoms with van der Waals surface area (Å²) in [5.41, 5.74) is 2.66. The predicted molar refractivity (Wildman–Crippen MR) is 76.3 cm³/mol. The second-order valence-corrected chi connectivity index (χ2v) is 4.90. The maximum atomic E-state index is 5.68. The first-order valence-corrected chi connectivity index (χ1v) is 6.85. The molecule has 0 radical (unpaired) electrons. The average Bonchev–Trinajstić information content (AvgIpc) is 2.42. The summed E-state index contributed by atoms with van der Waals surface area (Å²) in [6.45, 7) is 7.09. The highest BCUT2D eigenvalue weighted by Gasteiger charge is 2.29. The van der Waals surface area contributed by atoms with E-state index in [2.05, 4.69) is 55.4 Å². The largest absolute Gasteiger partial charge is 0.379 e. The molecule has 1 heterocycles. The Morgan fingerprint density at radius 2 is 2.17 bits per heavy atom. The molecule has 18 heavy (non-hydrogen) atoms. The number of nitrogens with zero attached hydrogens (tertiary/aromatic N) is 1. The fraction of sp³-hybridized carbons (Fsp3) is 0.600. The van der Waals surface area contributed by atoms with Gasteiger partial charge >= 0.3 is 0 Å². The molecule has 1 saturated heterocycles. The number of aryl methyl sites for hydroxylation is 1. The first kappa shape index (κ1) is 13.4. The first-order chi connectivity index (χ1) is 8.77. The van der Waals surface area contributed by atoms with Crippen LogP contribution in [0.4, 0.5) is 5.69 Å². The van der Waals surface area contributed by atoms with Crippen LogP contribution in [0.5, 0.6) is 0 Å². The summed E-state index contributed by atoms with van der Waals surface area (Å²) in [5, 5.41) is 3.44. The molecule has 0 bridgehead atoms. The lowest BCUT2D eigenvalue weighted by molar-refractivity contribution is 0.0611. The molecule has 100 valence electrons. The second-order valence-electron chi connectivity index (χ2n) is 4.90. The number of rotatable bonds is 4. The minimum Gasteiger partial charge on any atom is -0.379 e. The predicted octanol–water partition coefficient (Wildman–Crippen LogP) is 2.20. The van der Waals surface area contributed by atoms with Gasteiger partial charge in [0.1, 0.15) is 0 Å². The van der Waals surface area contributed by atoms with Gasteiger partial charge in [-0.05, 0) is 38.9 Å². The zero-order valence-corrected chi connectivity index (χ0v) is 11.6. The highest BCUT2D eigenvalue weighted by atomic mass is 16.5. The molecule has 0 saturated carbocycles. The molecule has 2 atom stereocenters. The lowest BCUT2D eigenvalue weighted by Crippen LogP contribution is -2.55. The summed E-state index contributed by atoms with van der Waals surface area (Å²) >= 11 is 0. The summed E-state index contributed by atoms with van der Waals surface area (Å²) in [6.07, 6.45) is 1.09. The van der Waals surface area contributed by atoms with E-state index in [0.717, 1.165) is 26.2 Å². The highest BCUT2D eigenvalue weighted by Crippen LogP contribution is 2.25. The van der Waals surface area contributed by atoms with Gasteiger partial charge in [-0.2, -0.15) is 0 Å². The van der Waals surface area contributed by atoms with Crippen LogP contribution in [-0.4, -0.2) is 38.9 Å². The van der Waals surface area contributed by atoms with Gasteiger partial charge in [-0.3, -0.25) is 0 Å². The molecule has 0 spiro atoms. The van der Waals surface area contributed by atoms with Crippen molar-refractivity contribution in [2.24, 2.45) is 0 Å². The van der Waals surface area contributed by atoms with E-state index in [9.17, 15) is 0 Å². The Hall–Kier alpha value is -1.06. The Balaban J connectivity index is 2.24. The number of ether oxygens (including phenoxy) is 1. The molecule has 2 rings (SSSR count). The van der Waals surface area contributed by atoms with Crippen LogP contribution in [-0.2, 0) is 4.74 Å². The zero-order chi connectivity index (χ0) is 13.0. The summed E-state index contributed by atoms with van der Waals surface area (Å²) in [4.78, 5) is 2.47. The fourth-order valence-electron chi connectivity index (χ4n) is 2.84. The van der Waals surface area contributed by atoms with Crippen LogP contribution < -0.4 is 10.2 Å². The average molecular weight is 248 g/mol. The lowest BCUT2D eigenvalue weighted by Gasteiger charge is -2.41. The van der Waals surface area contributed by atoms with Gasteiger partial charge in [0.15, 0.2) is 0 Å². The Bertz CT molecular complexity index is 381. The van der Waals surface area contributed by atoms with Crippen molar-refractivity contribution in [3.05, 3.63) is 29.8 Å². The minimum atomic E-state index is 0.426. The molecular weight excluding hydrogens is 224 g/mol. The van der Waals surface area contributed by atoms with Crippen molar-refractivity contribution in [2.45, 2.75) is 32.4 Å². The van der Waals surface area contributed by atoms with E-state index in [1.807, 2.05) is 0 Å². The maximum absolute atomic E-state index is 5.68. The van der Waals surface area contributed by atoms with Crippen molar-refractivity contribution < 1.29 is 4.74 Å². The highest BCUT2D eigenvalue weighted by molar-refractivity contribution is 5.54. The van der Waals surface area contributed by atoms with Gasteiger partial charge in [-0.1, -0.05) is 18.2 Å². The molecule has 2 unspecified atom stereocenters. The topological polar surface area (TPSA) is 24.5 Å². The Kier molecular flexibility index (Phi) is 4.61. The standard InChI is InChI=1S/C15H24N2O/c1-4-17(14-8-6-5-7-12(14)2)15-11-18-10-9-13(15)16-3/h5-8,13,15-16H,4,9-11H2,1-3H3. The molecule has 1 aromatic carbocycles. The molecule has 0 aromatic heterocycles. The van der Waals surface area contributed by atoms with Crippen molar-refractivity contribution >= 4 is 5.69 Å². The van der Waals surface area contributed by atoms with Gasteiger partial charge in [-0.15, -0.1) is 0 Å². The van der Waals surface area contributed by atoms with Crippen molar-refractivity contribution in [3.8, 4) is 0 Å². The quantitative estimate of drug-likeness (QED) is 0.884. The van der Waals surface area contributed by atoms with Crippen LogP contribution in [0.1, 0.15) is 18.9 Å². The van der Waals surface area contributed by atoms with Gasteiger partial charge in [0.2, 0.25) is 0 Å². The molecule has 1 aliphatic rings. The molecule has 1 aromatic rings. The van der Waals surface area contributed by atoms with E-state index in [1.165, 1.54) is 11.3 Å². The zero-order valence-electron chi connectivity index (χ0n) is 11.6. The molecule has 3 nitrogen and oxygen atoms in total. The van der Waals surface area contributed by atoms with E-state index < -0.39 is 0 Å². The van der Waals surface area contributed by atoms with Crippen LogP contribution in [0.3, 0.4) is 0 Å². The van der Waals surface area contributed by atoms with E-state index in [1.54, 1.807) is 0 Å². The van der Waals surface area contributed by atoms with Gasteiger partial charge in [0.05, 0.1) is 12.6 Å². The second kappa shape index (κ2) is 6.21. The number of para-hydroxylation sites is 1. The molecule has 1 aliphatic heterocycles. The number of likely N-dealkylation sites (N-methyl/N-ethyl adjacent to an activating group) is 2. The van der Waals surface area contributed by atoms with Crippen molar-refractivity contribution in [3.63, 3.8) is 0 Å². The smallest absolute Gasteiger partial charge is 0.0685 e. The number of anilines is 1. The number of hydrogen-bond acceptors (Lipinski definition) is 3. The molecule has 0 aliphatic carbocycles. The van der Waals surface area contributed by atoms with E-state index in [0.29, 0.717) is 12.1 Å². The van der Waals surface area contributed by atoms with Crippen LogP contribution in [0, 0.1) is 6.92 Å². The summed E-state index contributed by atoms with van der Waals surface area (Å²) in [6, 6.07) is 9.53. The van der Waals surface area contributed by atoms with Gasteiger partial charge in [0, 0.05) is 24.9 Å². The number of nitrogens with one attached hydrogen (secondary N) is 1. The third-order valence-electron chi connectivity index (χ3n) is 3.86. The van der Waals surface area contributed by atoms with E-state index in [4.69, 9.17) is 4.74 Å². The van der Waals surface area contributed by atoms with Crippen LogP contribution in [0.25, 0.3) is 0 Å². The molecule has 1 N–H and O–H groups in total. The van der Waals surface area contributed by atoms with Crippen LogP contribution in [0.15, 0.2) is 24.3 Å². The first-order valence-electron chi connectivity index (χ1n) is 6.85. The Morgan fingerprint density at radius 1 is 1.39 bits per heavy atom. The van der Waals surface area contributed by atoms with Crippen LogP contribution in [0.2, 0.25) is 0 Å². The summed E-state index contributed by atoms with van der Waals surface area (Å²) < 4.78 is 5.68. The number of benzene rings is 1. The number of hydrogen-bond donors (Lipinski definition) is 1. The summed E-state index contributed by atoms with van der Waals surface area (Å²) in [5.74, 6) is 0. The monoisotopic (exact) mass is 248 g/mol. The van der Waals surface area contributed by atoms with Gasteiger partial charge in [-0.25, -0.2) is 0 Å². The Labute approximate surface area is 110 Å².